The SMILES string of the molecule is O=C(O)CC(NC(=O)c1ccc(N2CCN(C(=O)c3ccccc3)CC2)c(NC(=O)c2ccc(F)cc2)c1)c1cccs1. The number of carbonyl (C=O) groups excluding carboxylic acids is 3. The molecule has 0 radical (unpaired) electrons. The van der Waals surface area contributed by atoms with Crippen LogP contribution in [-0.4, -0.2) is 59.9 Å². The standard InChI is InChI=1S/C32H29FN4O5S/c33-24-11-8-21(9-12-24)30(40)34-25-19-23(31(41)35-26(20-29(38)39)28-7-4-18-43-28)10-13-27(25)36-14-16-37(17-15-36)32(42)22-5-2-1-3-6-22/h1-13,18-19,26H,14-17,20H2,(H,34,40)(H,35,41)(H,38,39). The van der Waals surface area contributed by atoms with Gasteiger partial charge in [0.1, 0.15) is 5.82 Å². The second-order valence-corrected chi connectivity index (χ2v) is 11.0. The highest BCUT2D eigenvalue weighted by molar-refractivity contribution is 7.10. The molecule has 43 heavy (non-hydrogen) atoms. The van der Waals surface area contributed by atoms with Crippen LogP contribution in [0.25, 0.3) is 0 Å². The predicted octanol–water partition coefficient (Wildman–Crippen LogP) is 5.05. The molecule has 1 aromatic heterocycles. The molecule has 0 aliphatic carbocycles. The van der Waals surface area contributed by atoms with E-state index in [4.69, 9.17) is 0 Å². The van der Waals surface area contributed by atoms with Crippen LogP contribution in [0.3, 0.4) is 0 Å². The number of carbonyl (C=O) groups is 4. The van der Waals surface area contributed by atoms with Gasteiger partial charge < -0.3 is 25.5 Å². The molecule has 3 aromatic carbocycles. The summed E-state index contributed by atoms with van der Waals surface area (Å²) >= 11 is 1.35. The predicted molar refractivity (Wildman–Crippen MR) is 162 cm³/mol. The van der Waals surface area contributed by atoms with Crippen LogP contribution in [0.2, 0.25) is 0 Å². The van der Waals surface area contributed by atoms with E-state index in [-0.39, 0.29) is 23.5 Å². The van der Waals surface area contributed by atoms with Gasteiger partial charge in [0.15, 0.2) is 0 Å². The fourth-order valence-electron chi connectivity index (χ4n) is 4.89. The first-order chi connectivity index (χ1) is 20.8. The molecule has 1 atom stereocenters. The molecule has 5 rings (SSSR count). The average molecular weight is 601 g/mol. The molecule has 0 saturated carbocycles. The highest BCUT2D eigenvalue weighted by Gasteiger charge is 2.26. The van der Waals surface area contributed by atoms with E-state index in [1.54, 1.807) is 52.7 Å². The molecule has 3 N–H and O–H groups in total. The molecule has 1 unspecified atom stereocenters. The van der Waals surface area contributed by atoms with Crippen LogP contribution in [0.5, 0.6) is 0 Å². The maximum Gasteiger partial charge on any atom is 0.305 e. The lowest BCUT2D eigenvalue weighted by Gasteiger charge is -2.37. The summed E-state index contributed by atoms with van der Waals surface area (Å²) in [5.41, 5.74) is 2.08. The van der Waals surface area contributed by atoms with Gasteiger partial charge in [-0.05, 0) is 66.0 Å². The highest BCUT2D eigenvalue weighted by atomic mass is 32.1. The first-order valence-corrected chi connectivity index (χ1v) is 14.5. The maximum atomic E-state index is 13.5. The van der Waals surface area contributed by atoms with Gasteiger partial charge in [-0.25, -0.2) is 4.39 Å². The minimum Gasteiger partial charge on any atom is -0.481 e. The van der Waals surface area contributed by atoms with Crippen LogP contribution >= 0.6 is 11.3 Å². The Hall–Kier alpha value is -5.03. The van der Waals surface area contributed by atoms with Crippen molar-refractivity contribution >= 4 is 46.4 Å². The van der Waals surface area contributed by atoms with Crippen molar-refractivity contribution in [3.63, 3.8) is 0 Å². The van der Waals surface area contributed by atoms with Crippen LogP contribution in [0.4, 0.5) is 15.8 Å². The van der Waals surface area contributed by atoms with Crippen molar-refractivity contribution in [2.24, 2.45) is 0 Å². The number of benzene rings is 3. The minimum absolute atomic E-state index is 0.0567. The van der Waals surface area contributed by atoms with E-state index in [0.29, 0.717) is 48.0 Å². The number of piperazine rings is 1. The van der Waals surface area contributed by atoms with Crippen LogP contribution < -0.4 is 15.5 Å². The van der Waals surface area contributed by atoms with Crippen molar-refractivity contribution in [2.45, 2.75) is 12.5 Å². The Morgan fingerprint density at radius 1 is 0.814 bits per heavy atom. The molecule has 0 spiro atoms. The van der Waals surface area contributed by atoms with Gasteiger partial charge in [0, 0.05) is 47.7 Å². The first-order valence-electron chi connectivity index (χ1n) is 13.6. The zero-order valence-electron chi connectivity index (χ0n) is 23.0. The number of amides is 3. The van der Waals surface area contributed by atoms with Gasteiger partial charge in [-0.15, -0.1) is 11.3 Å². The number of carboxylic acids is 1. The van der Waals surface area contributed by atoms with E-state index >= 15 is 0 Å². The number of thiophene rings is 1. The summed E-state index contributed by atoms with van der Waals surface area (Å²) in [6, 6.07) is 21.9. The Balaban J connectivity index is 1.38. The van der Waals surface area contributed by atoms with Crippen LogP contribution in [0, 0.1) is 5.82 Å². The molecule has 1 saturated heterocycles. The maximum absolute atomic E-state index is 13.5. The molecule has 1 aliphatic heterocycles. The van der Waals surface area contributed by atoms with Crippen LogP contribution in [-0.2, 0) is 4.79 Å². The summed E-state index contributed by atoms with van der Waals surface area (Å²) in [7, 11) is 0. The molecule has 220 valence electrons. The van der Waals surface area contributed by atoms with Gasteiger partial charge in [-0.3, -0.25) is 19.2 Å². The number of carboxylic acid groups (broad SMARTS) is 1. The lowest BCUT2D eigenvalue weighted by atomic mass is 10.1. The average Bonchev–Trinajstić information content (AvgIpc) is 3.56. The van der Waals surface area contributed by atoms with Gasteiger partial charge in [0.05, 0.1) is 23.8 Å². The van der Waals surface area contributed by atoms with Crippen molar-refractivity contribution in [2.75, 3.05) is 36.4 Å². The molecule has 3 amide bonds. The fraction of sp³-hybridized carbons (Fsp3) is 0.188. The van der Waals surface area contributed by atoms with Gasteiger partial charge in [0.2, 0.25) is 0 Å². The Morgan fingerprint density at radius 3 is 2.16 bits per heavy atom. The van der Waals surface area contributed by atoms with Crippen molar-refractivity contribution in [1.29, 1.82) is 0 Å². The van der Waals surface area contributed by atoms with Crippen molar-refractivity contribution in [1.82, 2.24) is 10.2 Å². The number of aliphatic carboxylic acids is 1. The Kier molecular flexibility index (Phi) is 9.11. The van der Waals surface area contributed by atoms with E-state index < -0.39 is 29.6 Å². The molecule has 11 heteroatoms. The van der Waals surface area contributed by atoms with Crippen LogP contribution in [0.1, 0.15) is 48.4 Å². The molecule has 0 bridgehead atoms. The van der Waals surface area contributed by atoms with E-state index in [1.165, 1.54) is 35.6 Å². The van der Waals surface area contributed by atoms with Gasteiger partial charge >= 0.3 is 5.97 Å². The van der Waals surface area contributed by atoms with Gasteiger partial charge in [-0.1, -0.05) is 24.3 Å². The summed E-state index contributed by atoms with van der Waals surface area (Å²) < 4.78 is 13.5. The zero-order chi connectivity index (χ0) is 30.3. The van der Waals surface area contributed by atoms with E-state index in [0.717, 1.165) is 0 Å². The van der Waals surface area contributed by atoms with Crippen molar-refractivity contribution < 1.29 is 28.7 Å². The second-order valence-electron chi connectivity index (χ2n) is 9.98. The Morgan fingerprint density at radius 2 is 1.51 bits per heavy atom. The number of nitrogens with zero attached hydrogens (tertiary/aromatic N) is 2. The summed E-state index contributed by atoms with van der Waals surface area (Å²) in [6.45, 7) is 1.89. The van der Waals surface area contributed by atoms with Crippen LogP contribution in [0.15, 0.2) is 90.3 Å². The third-order valence-corrected chi connectivity index (χ3v) is 8.10. The number of hydrogen-bond acceptors (Lipinski definition) is 6. The second kappa shape index (κ2) is 13.3. The molecular weight excluding hydrogens is 571 g/mol. The van der Waals surface area contributed by atoms with E-state index in [1.807, 2.05) is 23.1 Å². The summed E-state index contributed by atoms with van der Waals surface area (Å²) in [5, 5.41) is 16.8. The lowest BCUT2D eigenvalue weighted by Crippen LogP contribution is -2.49. The number of hydrogen-bond donors (Lipinski definition) is 3. The zero-order valence-corrected chi connectivity index (χ0v) is 23.9. The van der Waals surface area contributed by atoms with Crippen molar-refractivity contribution in [3.05, 3.63) is 118 Å². The molecule has 2 heterocycles. The number of nitrogens with one attached hydrogen (secondary N) is 2. The lowest BCUT2D eigenvalue weighted by molar-refractivity contribution is -0.137. The minimum atomic E-state index is -1.05. The van der Waals surface area contributed by atoms with Crippen molar-refractivity contribution in [3.8, 4) is 0 Å². The monoisotopic (exact) mass is 600 g/mol. The Bertz CT molecular complexity index is 1600. The normalized spacial score (nSPS) is 13.7. The molecular formula is C32H29FN4O5S. The smallest absolute Gasteiger partial charge is 0.305 e. The largest absolute Gasteiger partial charge is 0.481 e. The van der Waals surface area contributed by atoms with Gasteiger partial charge in [-0.2, -0.15) is 0 Å². The van der Waals surface area contributed by atoms with E-state index in [9.17, 15) is 28.7 Å². The quantitative estimate of drug-likeness (QED) is 0.248. The molecule has 9 nitrogen and oxygen atoms in total. The van der Waals surface area contributed by atoms with Gasteiger partial charge in [0.25, 0.3) is 17.7 Å². The summed E-state index contributed by atoms with van der Waals surface area (Å²) in [6.07, 6.45) is -0.287. The molecule has 4 aromatic rings. The topological polar surface area (TPSA) is 119 Å². The third-order valence-electron chi connectivity index (χ3n) is 7.11. The first kappa shape index (κ1) is 29.5. The fourth-order valence-corrected chi connectivity index (χ4v) is 5.67. The number of rotatable bonds is 9. The number of halogens is 1. The third kappa shape index (κ3) is 7.25. The Labute approximate surface area is 251 Å². The molecule has 1 aliphatic rings. The van der Waals surface area contributed by atoms with E-state index in [2.05, 4.69) is 10.6 Å². The number of anilines is 2. The molecule has 1 fully saturated rings. The highest BCUT2D eigenvalue weighted by Crippen LogP contribution is 2.30. The summed E-state index contributed by atoms with van der Waals surface area (Å²) in [4.78, 5) is 55.3. The summed E-state index contributed by atoms with van der Waals surface area (Å²) in [5.74, 6) is -2.56.